The lowest BCUT2D eigenvalue weighted by Gasteiger charge is -2.34. The first-order valence-corrected chi connectivity index (χ1v) is 8.29. The quantitative estimate of drug-likeness (QED) is 0.454. The molecule has 1 amide bonds. The van der Waals surface area contributed by atoms with Gasteiger partial charge in [0.15, 0.2) is 0 Å². The van der Waals surface area contributed by atoms with Crippen LogP contribution in [0.2, 0.25) is 0 Å². The number of nitrogens with one attached hydrogen (secondary N) is 2. The van der Waals surface area contributed by atoms with Gasteiger partial charge in [0.1, 0.15) is 5.69 Å². The molecule has 132 valence electrons. The maximum absolute atomic E-state index is 12.5. The number of methoxy groups -OCH3 is 1. The number of hydrogen-bond donors (Lipinski definition) is 2. The van der Waals surface area contributed by atoms with Gasteiger partial charge in [0, 0.05) is 30.8 Å². The highest BCUT2D eigenvalue weighted by atomic mass is 16.6. The summed E-state index contributed by atoms with van der Waals surface area (Å²) in [6.07, 6.45) is 5.27. The number of ether oxygens (including phenoxy) is 1. The molecule has 0 saturated heterocycles. The van der Waals surface area contributed by atoms with Crippen molar-refractivity contribution in [1.82, 2.24) is 5.32 Å². The summed E-state index contributed by atoms with van der Waals surface area (Å²) in [5.74, 6) is -0.258. The Labute approximate surface area is 141 Å². The highest BCUT2D eigenvalue weighted by Gasteiger charge is 2.29. The first-order valence-electron chi connectivity index (χ1n) is 8.29. The van der Waals surface area contributed by atoms with Gasteiger partial charge in [-0.1, -0.05) is 19.3 Å². The summed E-state index contributed by atoms with van der Waals surface area (Å²) in [7, 11) is 1.56. The summed E-state index contributed by atoms with van der Waals surface area (Å²) >= 11 is 0. The highest BCUT2D eigenvalue weighted by molar-refractivity contribution is 5.96. The number of amides is 1. The second-order valence-electron chi connectivity index (χ2n) is 6.48. The lowest BCUT2D eigenvalue weighted by atomic mass is 9.83. The SMILES string of the molecule is COCCNc1ccc(C(=O)NC2(C)CCCCC2)cc1[N+](=O)[O-]. The summed E-state index contributed by atoms with van der Waals surface area (Å²) < 4.78 is 4.93. The molecule has 0 aromatic heterocycles. The van der Waals surface area contributed by atoms with Crippen LogP contribution in [0.1, 0.15) is 49.4 Å². The van der Waals surface area contributed by atoms with Crippen LogP contribution in [-0.4, -0.2) is 36.6 Å². The van der Waals surface area contributed by atoms with Crippen molar-refractivity contribution in [3.05, 3.63) is 33.9 Å². The number of anilines is 1. The molecular formula is C17H25N3O4. The topological polar surface area (TPSA) is 93.5 Å². The molecule has 1 aromatic carbocycles. The Morgan fingerprint density at radius 1 is 1.33 bits per heavy atom. The van der Waals surface area contributed by atoms with E-state index in [9.17, 15) is 14.9 Å². The molecule has 0 aliphatic heterocycles. The fraction of sp³-hybridized carbons (Fsp3) is 0.588. The Kier molecular flexibility index (Phi) is 6.14. The molecule has 0 atom stereocenters. The van der Waals surface area contributed by atoms with E-state index in [1.807, 2.05) is 6.92 Å². The zero-order valence-electron chi connectivity index (χ0n) is 14.3. The average Bonchev–Trinajstić information content (AvgIpc) is 2.55. The van der Waals surface area contributed by atoms with Crippen LogP contribution in [0, 0.1) is 10.1 Å². The van der Waals surface area contributed by atoms with Gasteiger partial charge in [-0.15, -0.1) is 0 Å². The number of hydrogen-bond acceptors (Lipinski definition) is 5. The number of benzene rings is 1. The molecule has 2 rings (SSSR count). The van der Waals surface area contributed by atoms with E-state index in [-0.39, 0.29) is 17.1 Å². The van der Waals surface area contributed by atoms with Gasteiger partial charge in [-0.05, 0) is 31.9 Å². The molecule has 1 aliphatic carbocycles. The van der Waals surface area contributed by atoms with E-state index in [4.69, 9.17) is 4.74 Å². The Balaban J connectivity index is 2.13. The van der Waals surface area contributed by atoms with Gasteiger partial charge >= 0.3 is 0 Å². The number of carbonyl (C=O) groups excluding carboxylic acids is 1. The minimum Gasteiger partial charge on any atom is -0.383 e. The van der Waals surface area contributed by atoms with E-state index in [1.165, 1.54) is 12.5 Å². The number of carbonyl (C=O) groups is 1. The Bertz CT molecular complexity index is 597. The number of nitro benzene ring substituents is 1. The lowest BCUT2D eigenvalue weighted by molar-refractivity contribution is -0.384. The van der Waals surface area contributed by atoms with Gasteiger partial charge in [0.25, 0.3) is 11.6 Å². The lowest BCUT2D eigenvalue weighted by Crippen LogP contribution is -2.47. The van der Waals surface area contributed by atoms with Gasteiger partial charge in [-0.25, -0.2) is 0 Å². The molecule has 1 aromatic rings. The molecule has 1 aliphatic rings. The minimum atomic E-state index is -0.478. The van der Waals surface area contributed by atoms with Gasteiger partial charge in [0.05, 0.1) is 11.5 Å². The largest absolute Gasteiger partial charge is 0.383 e. The Morgan fingerprint density at radius 3 is 2.67 bits per heavy atom. The van der Waals surface area contributed by atoms with Crippen molar-refractivity contribution < 1.29 is 14.5 Å². The second-order valence-corrected chi connectivity index (χ2v) is 6.48. The fourth-order valence-corrected chi connectivity index (χ4v) is 3.06. The second kappa shape index (κ2) is 8.10. The average molecular weight is 335 g/mol. The number of rotatable bonds is 7. The van der Waals surface area contributed by atoms with Crippen LogP contribution in [0.5, 0.6) is 0 Å². The monoisotopic (exact) mass is 335 g/mol. The van der Waals surface area contributed by atoms with Crippen molar-refractivity contribution in [1.29, 1.82) is 0 Å². The summed E-state index contributed by atoms with van der Waals surface area (Å²) in [6.45, 7) is 2.94. The van der Waals surface area contributed by atoms with Crippen molar-refractivity contribution >= 4 is 17.3 Å². The first-order chi connectivity index (χ1) is 11.4. The third-order valence-electron chi connectivity index (χ3n) is 4.45. The van der Waals surface area contributed by atoms with Crippen molar-refractivity contribution in [2.24, 2.45) is 0 Å². The Morgan fingerprint density at radius 2 is 2.04 bits per heavy atom. The van der Waals surface area contributed by atoms with E-state index < -0.39 is 4.92 Å². The molecule has 1 saturated carbocycles. The summed E-state index contributed by atoms with van der Waals surface area (Å²) in [5.41, 5.74) is 0.371. The maximum Gasteiger partial charge on any atom is 0.293 e. The zero-order chi connectivity index (χ0) is 17.6. The molecule has 0 radical (unpaired) electrons. The van der Waals surface area contributed by atoms with Gasteiger partial charge in [-0.2, -0.15) is 0 Å². The molecule has 0 unspecified atom stereocenters. The van der Waals surface area contributed by atoms with Gasteiger partial charge in [-0.3, -0.25) is 14.9 Å². The molecule has 0 heterocycles. The van der Waals surface area contributed by atoms with Crippen LogP contribution in [0.15, 0.2) is 18.2 Å². The van der Waals surface area contributed by atoms with E-state index in [2.05, 4.69) is 10.6 Å². The smallest absolute Gasteiger partial charge is 0.293 e. The molecule has 0 spiro atoms. The Hall–Kier alpha value is -2.15. The normalized spacial score (nSPS) is 16.4. The van der Waals surface area contributed by atoms with Crippen molar-refractivity contribution in [3.63, 3.8) is 0 Å². The van der Waals surface area contributed by atoms with Crippen molar-refractivity contribution in [2.45, 2.75) is 44.6 Å². The third-order valence-corrected chi connectivity index (χ3v) is 4.45. The standard InChI is InChI=1S/C17H25N3O4/c1-17(8-4-3-5-9-17)19-16(21)13-6-7-14(18-10-11-24-2)15(12-13)20(22)23/h6-7,12,18H,3-5,8-11H2,1-2H3,(H,19,21). The predicted octanol–water partition coefficient (Wildman–Crippen LogP) is 3.11. The first kappa shape index (κ1) is 18.2. The van der Waals surface area contributed by atoms with E-state index in [0.717, 1.165) is 25.7 Å². The third kappa shape index (κ3) is 4.67. The molecule has 1 fully saturated rings. The summed E-state index contributed by atoms with van der Waals surface area (Å²) in [6, 6.07) is 4.52. The number of nitrogens with zero attached hydrogens (tertiary/aromatic N) is 1. The minimum absolute atomic E-state index is 0.104. The zero-order valence-corrected chi connectivity index (χ0v) is 14.3. The van der Waals surface area contributed by atoms with Gasteiger partial charge < -0.3 is 15.4 Å². The van der Waals surface area contributed by atoms with Crippen molar-refractivity contribution in [3.8, 4) is 0 Å². The molecule has 0 bridgehead atoms. The summed E-state index contributed by atoms with van der Waals surface area (Å²) in [4.78, 5) is 23.3. The van der Waals surface area contributed by atoms with E-state index in [1.54, 1.807) is 19.2 Å². The van der Waals surface area contributed by atoms with E-state index in [0.29, 0.717) is 24.4 Å². The van der Waals surface area contributed by atoms with Crippen LogP contribution in [-0.2, 0) is 4.74 Å². The summed E-state index contributed by atoms with van der Waals surface area (Å²) in [5, 5.41) is 17.3. The van der Waals surface area contributed by atoms with Gasteiger partial charge in [0.2, 0.25) is 0 Å². The van der Waals surface area contributed by atoms with Crippen LogP contribution in [0.25, 0.3) is 0 Å². The van der Waals surface area contributed by atoms with Crippen LogP contribution >= 0.6 is 0 Å². The van der Waals surface area contributed by atoms with Crippen LogP contribution in [0.3, 0.4) is 0 Å². The molecule has 2 N–H and O–H groups in total. The van der Waals surface area contributed by atoms with Crippen LogP contribution in [0.4, 0.5) is 11.4 Å². The van der Waals surface area contributed by atoms with Crippen molar-refractivity contribution in [2.75, 3.05) is 25.6 Å². The fourth-order valence-electron chi connectivity index (χ4n) is 3.06. The molecular weight excluding hydrogens is 310 g/mol. The maximum atomic E-state index is 12.5. The van der Waals surface area contributed by atoms with Crippen LogP contribution < -0.4 is 10.6 Å². The predicted molar refractivity (Wildman–Crippen MR) is 92.4 cm³/mol. The van der Waals surface area contributed by atoms with E-state index >= 15 is 0 Å². The molecule has 7 nitrogen and oxygen atoms in total. The number of nitro groups is 1. The molecule has 7 heteroatoms. The molecule has 24 heavy (non-hydrogen) atoms. The highest BCUT2D eigenvalue weighted by Crippen LogP contribution is 2.29.